The molecule has 2 atom stereocenters. The molecular weight excluding hydrogens is 542 g/mol. The second-order valence-electron chi connectivity index (χ2n) is 14.8. The lowest BCUT2D eigenvalue weighted by Crippen LogP contribution is -2.49. The Kier molecular flexibility index (Phi) is 7.19. The van der Waals surface area contributed by atoms with Crippen LogP contribution >= 0.6 is 0 Å². The number of hydrogen-bond donors (Lipinski definition) is 1. The fourth-order valence-electron chi connectivity index (χ4n) is 8.43. The Morgan fingerprint density at radius 2 is 1.64 bits per heavy atom. The molecule has 1 aromatic heterocycles. The first-order valence-electron chi connectivity index (χ1n) is 15.4. The van der Waals surface area contributed by atoms with Crippen molar-refractivity contribution < 1.29 is 13.2 Å². The SMILES string of the molecule is Cc1cccc(C)c1-c1nc2nc(c1C)OC[C@@H](CC(C)(C)C)C(C1CC3(CC(C)C3)C1)c1cccc(c1)S(=O)(=O)N2. The molecule has 42 heavy (non-hydrogen) atoms. The van der Waals surface area contributed by atoms with E-state index in [2.05, 4.69) is 69.4 Å². The maximum Gasteiger partial charge on any atom is 0.264 e. The van der Waals surface area contributed by atoms with E-state index < -0.39 is 10.0 Å². The van der Waals surface area contributed by atoms with Gasteiger partial charge in [0.25, 0.3) is 10.0 Å². The van der Waals surface area contributed by atoms with E-state index in [0.717, 1.165) is 40.2 Å². The van der Waals surface area contributed by atoms with Crippen molar-refractivity contribution in [2.24, 2.45) is 28.6 Å². The molecule has 1 spiro atoms. The Labute approximate surface area is 251 Å². The smallest absolute Gasteiger partial charge is 0.264 e. The highest BCUT2D eigenvalue weighted by molar-refractivity contribution is 7.92. The van der Waals surface area contributed by atoms with Crippen molar-refractivity contribution in [2.75, 3.05) is 11.3 Å². The number of aryl methyl sites for hydroxylation is 2. The third kappa shape index (κ3) is 5.45. The van der Waals surface area contributed by atoms with Crippen molar-refractivity contribution in [1.29, 1.82) is 0 Å². The fourth-order valence-corrected chi connectivity index (χ4v) is 9.43. The van der Waals surface area contributed by atoms with Gasteiger partial charge in [-0.25, -0.2) is 18.1 Å². The van der Waals surface area contributed by atoms with Crippen LogP contribution < -0.4 is 9.46 Å². The average Bonchev–Trinajstić information content (AvgIpc) is 2.85. The number of nitrogens with zero attached hydrogens (tertiary/aromatic N) is 2. The van der Waals surface area contributed by atoms with Crippen LogP contribution in [0.4, 0.5) is 5.95 Å². The Balaban J connectivity index is 1.48. The Morgan fingerprint density at radius 1 is 0.976 bits per heavy atom. The monoisotopic (exact) mass is 587 g/mol. The van der Waals surface area contributed by atoms with Crippen LogP contribution in [0.5, 0.6) is 5.88 Å². The number of fused-ring (bicyclic) bond motifs is 4. The second-order valence-corrected chi connectivity index (χ2v) is 16.5. The summed E-state index contributed by atoms with van der Waals surface area (Å²) in [6.07, 6.45) is 6.03. The van der Waals surface area contributed by atoms with Gasteiger partial charge in [0.2, 0.25) is 11.8 Å². The molecule has 2 saturated carbocycles. The molecular formula is C35H45N3O3S. The van der Waals surface area contributed by atoms with Gasteiger partial charge in [0, 0.05) is 17.0 Å². The standard InChI is InChI=1S/C35H45N3O3S/c1-21-15-35(16-21)18-26(19-35)30-25-12-9-13-28(14-25)42(39,40)38-33-36-31(29-22(2)10-8-11-23(29)3)24(4)32(37-33)41-20-27(30)17-34(5,6)7/h8-14,21,26-27,30H,15-20H2,1-7H3,(H,36,37,38)/t21?,26?,27-,30?,35?/m1/s1. The molecule has 3 aliphatic rings. The van der Waals surface area contributed by atoms with Gasteiger partial charge in [0.15, 0.2) is 0 Å². The molecule has 7 heteroatoms. The van der Waals surface area contributed by atoms with E-state index in [1.807, 2.05) is 25.1 Å². The molecule has 224 valence electrons. The average molecular weight is 588 g/mol. The molecule has 2 aromatic carbocycles. The summed E-state index contributed by atoms with van der Waals surface area (Å²) in [4.78, 5) is 9.67. The first kappa shape index (κ1) is 29.2. The van der Waals surface area contributed by atoms with Gasteiger partial charge < -0.3 is 4.74 Å². The Hall–Kier alpha value is -2.93. The molecule has 0 radical (unpaired) electrons. The molecule has 6 rings (SSSR count). The summed E-state index contributed by atoms with van der Waals surface area (Å²) in [6.45, 7) is 15.8. The Morgan fingerprint density at radius 3 is 2.29 bits per heavy atom. The zero-order valence-electron chi connectivity index (χ0n) is 26.1. The number of benzene rings is 2. The molecule has 4 bridgehead atoms. The van der Waals surface area contributed by atoms with Gasteiger partial charge in [-0.1, -0.05) is 58.0 Å². The first-order chi connectivity index (χ1) is 19.7. The van der Waals surface area contributed by atoms with Crippen LogP contribution in [0.2, 0.25) is 0 Å². The van der Waals surface area contributed by atoms with Gasteiger partial charge in [0.1, 0.15) is 0 Å². The third-order valence-corrected chi connectivity index (χ3v) is 11.2. The number of nitrogens with one attached hydrogen (secondary N) is 1. The van der Waals surface area contributed by atoms with Crippen molar-refractivity contribution in [1.82, 2.24) is 9.97 Å². The molecule has 2 aliphatic carbocycles. The molecule has 6 nitrogen and oxygen atoms in total. The molecule has 0 saturated heterocycles. The predicted octanol–water partition coefficient (Wildman–Crippen LogP) is 8.22. The molecule has 2 heterocycles. The lowest BCUT2D eigenvalue weighted by molar-refractivity contribution is -0.0810. The van der Waals surface area contributed by atoms with Crippen molar-refractivity contribution in [3.8, 4) is 17.1 Å². The summed E-state index contributed by atoms with van der Waals surface area (Å²) in [6, 6.07) is 13.7. The summed E-state index contributed by atoms with van der Waals surface area (Å²) in [5, 5.41) is 0. The molecule has 3 aromatic rings. The van der Waals surface area contributed by atoms with Crippen LogP contribution in [0.1, 0.15) is 88.0 Å². The van der Waals surface area contributed by atoms with E-state index in [0.29, 0.717) is 29.5 Å². The molecule has 1 aliphatic heterocycles. The maximum absolute atomic E-state index is 13.8. The minimum absolute atomic E-state index is 0.0307. The topological polar surface area (TPSA) is 81.2 Å². The van der Waals surface area contributed by atoms with Gasteiger partial charge in [-0.2, -0.15) is 4.98 Å². The number of aromatic nitrogens is 2. The number of anilines is 1. The molecule has 0 amide bonds. The van der Waals surface area contributed by atoms with Gasteiger partial charge in [-0.15, -0.1) is 0 Å². The second kappa shape index (κ2) is 10.4. The minimum Gasteiger partial charge on any atom is -0.477 e. The Bertz CT molecular complexity index is 1590. The number of hydrogen-bond acceptors (Lipinski definition) is 5. The maximum atomic E-state index is 13.8. The van der Waals surface area contributed by atoms with Crippen LogP contribution in [0.25, 0.3) is 11.3 Å². The van der Waals surface area contributed by atoms with Crippen LogP contribution in [0, 0.1) is 49.4 Å². The zero-order chi connectivity index (χ0) is 30.0. The minimum atomic E-state index is -3.92. The van der Waals surface area contributed by atoms with E-state index in [9.17, 15) is 8.42 Å². The normalized spacial score (nSPS) is 28.4. The van der Waals surface area contributed by atoms with E-state index in [4.69, 9.17) is 9.72 Å². The van der Waals surface area contributed by atoms with Crippen LogP contribution in [0.3, 0.4) is 0 Å². The number of sulfonamides is 1. The summed E-state index contributed by atoms with van der Waals surface area (Å²) in [5.74, 6) is 2.21. The molecule has 1 N–H and O–H groups in total. The van der Waals surface area contributed by atoms with Crippen LogP contribution in [0.15, 0.2) is 47.4 Å². The van der Waals surface area contributed by atoms with E-state index in [-0.39, 0.29) is 28.1 Å². The first-order valence-corrected chi connectivity index (χ1v) is 16.9. The summed E-state index contributed by atoms with van der Waals surface area (Å²) < 4.78 is 36.9. The number of ether oxygens (including phenoxy) is 1. The van der Waals surface area contributed by atoms with E-state index >= 15 is 0 Å². The van der Waals surface area contributed by atoms with Crippen molar-refractivity contribution in [2.45, 2.75) is 91.4 Å². The van der Waals surface area contributed by atoms with Crippen molar-refractivity contribution in [3.05, 3.63) is 64.7 Å². The molecule has 2 fully saturated rings. The zero-order valence-corrected chi connectivity index (χ0v) is 26.9. The van der Waals surface area contributed by atoms with Crippen molar-refractivity contribution in [3.63, 3.8) is 0 Å². The lowest BCUT2D eigenvalue weighted by atomic mass is 9.45. The molecule has 1 unspecified atom stereocenters. The highest BCUT2D eigenvalue weighted by Crippen LogP contribution is 2.65. The summed E-state index contributed by atoms with van der Waals surface area (Å²) in [5.41, 5.74) is 6.31. The van der Waals surface area contributed by atoms with Gasteiger partial charge >= 0.3 is 0 Å². The lowest BCUT2D eigenvalue weighted by Gasteiger charge is -2.60. The fraction of sp³-hybridized carbons (Fsp3) is 0.543. The highest BCUT2D eigenvalue weighted by Gasteiger charge is 2.54. The summed E-state index contributed by atoms with van der Waals surface area (Å²) >= 11 is 0. The summed E-state index contributed by atoms with van der Waals surface area (Å²) in [7, 11) is -3.92. The van der Waals surface area contributed by atoms with Crippen LogP contribution in [-0.2, 0) is 10.0 Å². The van der Waals surface area contributed by atoms with Gasteiger partial charge in [0.05, 0.1) is 17.2 Å². The quantitative estimate of drug-likeness (QED) is 0.334. The largest absolute Gasteiger partial charge is 0.477 e. The van der Waals surface area contributed by atoms with Crippen LogP contribution in [-0.4, -0.2) is 25.0 Å². The van der Waals surface area contributed by atoms with E-state index in [1.165, 1.54) is 25.7 Å². The third-order valence-electron chi connectivity index (χ3n) is 9.88. The number of rotatable bonds is 3. The van der Waals surface area contributed by atoms with Crippen molar-refractivity contribution >= 4 is 16.0 Å². The van der Waals surface area contributed by atoms with Gasteiger partial charge in [-0.3, -0.25) is 0 Å². The van der Waals surface area contributed by atoms with E-state index in [1.54, 1.807) is 6.07 Å². The van der Waals surface area contributed by atoms with Gasteiger partial charge in [-0.05, 0) is 110 Å². The predicted molar refractivity (Wildman–Crippen MR) is 168 cm³/mol. The highest BCUT2D eigenvalue weighted by atomic mass is 32.2.